The summed E-state index contributed by atoms with van der Waals surface area (Å²) in [4.78, 5) is 19.9. The van der Waals surface area contributed by atoms with Crippen molar-refractivity contribution in [2.75, 3.05) is 0 Å². The molecule has 0 atom stereocenters. The van der Waals surface area contributed by atoms with Gasteiger partial charge in [0, 0.05) is 6.42 Å². The minimum absolute atomic E-state index is 0. The molecule has 1 aromatic carbocycles. The summed E-state index contributed by atoms with van der Waals surface area (Å²) < 4.78 is 0. The van der Waals surface area contributed by atoms with E-state index in [1.54, 1.807) is 18.2 Å². The van der Waals surface area contributed by atoms with E-state index in [-0.39, 0.29) is 41.0 Å². The van der Waals surface area contributed by atoms with Gasteiger partial charge >= 0.3 is 29.6 Å². The minimum atomic E-state index is -1.13. The second-order valence-corrected chi connectivity index (χ2v) is 2.87. The molecule has 0 saturated carbocycles. The molecule has 0 saturated heterocycles. The van der Waals surface area contributed by atoms with Crippen LogP contribution in [-0.2, 0) is 4.79 Å². The zero-order valence-electron chi connectivity index (χ0n) is 9.60. The van der Waals surface area contributed by atoms with Crippen molar-refractivity contribution in [3.05, 3.63) is 35.9 Å². The molecule has 0 heterocycles. The number of carboxylic acid groups (broad SMARTS) is 1. The van der Waals surface area contributed by atoms with Crippen molar-refractivity contribution in [3.63, 3.8) is 0 Å². The van der Waals surface area contributed by atoms with Gasteiger partial charge in [-0.05, 0) is 12.0 Å². The predicted octanol–water partition coefficient (Wildman–Crippen LogP) is -2.67. The van der Waals surface area contributed by atoms with E-state index in [1.807, 2.05) is 6.92 Å². The largest absolute Gasteiger partial charge is 1.00 e. The molecular formula is C11H14NNaO3. The molecule has 1 aromatic rings. The zero-order chi connectivity index (χ0) is 11.7. The van der Waals surface area contributed by atoms with Crippen LogP contribution in [0.5, 0.6) is 0 Å². The van der Waals surface area contributed by atoms with E-state index in [0.717, 1.165) is 6.42 Å². The molecule has 2 N–H and O–H groups in total. The summed E-state index contributed by atoms with van der Waals surface area (Å²) in [7, 11) is 0. The van der Waals surface area contributed by atoms with Gasteiger partial charge in [0.15, 0.2) is 0 Å². The van der Waals surface area contributed by atoms with Crippen LogP contribution in [0.4, 0.5) is 0 Å². The molecule has 0 aromatic heterocycles. The molecule has 0 aliphatic rings. The molecular weight excluding hydrogens is 217 g/mol. The zero-order valence-corrected chi connectivity index (χ0v) is 11.6. The van der Waals surface area contributed by atoms with Crippen molar-refractivity contribution in [2.45, 2.75) is 19.8 Å². The molecule has 0 radical (unpaired) electrons. The molecule has 0 fully saturated rings. The smallest absolute Gasteiger partial charge is 0.545 e. The Morgan fingerprint density at radius 2 is 1.75 bits per heavy atom. The van der Waals surface area contributed by atoms with Gasteiger partial charge in [0.25, 0.3) is 0 Å². The summed E-state index contributed by atoms with van der Waals surface area (Å²) in [6.45, 7) is 1.92. The number of benzene rings is 1. The van der Waals surface area contributed by atoms with Crippen molar-refractivity contribution >= 4 is 11.9 Å². The number of hydrogen-bond donors (Lipinski definition) is 1. The molecule has 1 amide bonds. The fourth-order valence-corrected chi connectivity index (χ4v) is 0.821. The molecule has 0 aliphatic heterocycles. The maximum absolute atomic E-state index is 10.1. The van der Waals surface area contributed by atoms with E-state index in [4.69, 9.17) is 5.73 Å². The van der Waals surface area contributed by atoms with E-state index < -0.39 is 5.97 Å². The molecule has 16 heavy (non-hydrogen) atoms. The average molecular weight is 231 g/mol. The van der Waals surface area contributed by atoms with Crippen molar-refractivity contribution in [1.29, 1.82) is 0 Å². The number of carbonyl (C=O) groups excluding carboxylic acids is 2. The van der Waals surface area contributed by atoms with E-state index in [9.17, 15) is 14.7 Å². The Hall–Kier alpha value is -0.840. The number of carboxylic acids is 1. The summed E-state index contributed by atoms with van der Waals surface area (Å²) >= 11 is 0. The van der Waals surface area contributed by atoms with Crippen LogP contribution in [0.3, 0.4) is 0 Å². The van der Waals surface area contributed by atoms with Gasteiger partial charge < -0.3 is 15.6 Å². The first-order valence-corrected chi connectivity index (χ1v) is 4.62. The van der Waals surface area contributed by atoms with Gasteiger partial charge in [0.2, 0.25) is 5.91 Å². The fraction of sp³-hybridized carbons (Fsp3) is 0.273. The van der Waals surface area contributed by atoms with Gasteiger partial charge in [-0.15, -0.1) is 0 Å². The monoisotopic (exact) mass is 231 g/mol. The Balaban J connectivity index is 0. The van der Waals surface area contributed by atoms with Crippen LogP contribution in [0.2, 0.25) is 0 Å². The van der Waals surface area contributed by atoms with E-state index >= 15 is 0 Å². The van der Waals surface area contributed by atoms with Crippen molar-refractivity contribution < 1.29 is 44.3 Å². The average Bonchev–Trinajstić information content (AvgIpc) is 2.20. The van der Waals surface area contributed by atoms with Crippen LogP contribution in [0.25, 0.3) is 0 Å². The van der Waals surface area contributed by atoms with Crippen molar-refractivity contribution in [2.24, 2.45) is 5.73 Å². The Labute approximate surface area is 117 Å². The summed E-state index contributed by atoms with van der Waals surface area (Å²) in [5.74, 6) is -1.34. The van der Waals surface area contributed by atoms with Gasteiger partial charge in [-0.1, -0.05) is 37.3 Å². The molecule has 82 valence electrons. The number of carbonyl (C=O) groups is 2. The third kappa shape index (κ3) is 9.71. The molecule has 0 unspecified atom stereocenters. The van der Waals surface area contributed by atoms with Crippen LogP contribution in [0.1, 0.15) is 30.1 Å². The van der Waals surface area contributed by atoms with Crippen LogP contribution in [0.15, 0.2) is 30.3 Å². The van der Waals surface area contributed by atoms with Gasteiger partial charge in [0.05, 0.1) is 5.97 Å². The SMILES string of the molecule is CCCC(N)=O.O=C([O-])c1ccccc1.[Na+]. The van der Waals surface area contributed by atoms with Crippen LogP contribution in [0, 0.1) is 0 Å². The number of hydrogen-bond acceptors (Lipinski definition) is 3. The van der Waals surface area contributed by atoms with Gasteiger partial charge in [-0.25, -0.2) is 0 Å². The third-order valence-electron chi connectivity index (χ3n) is 1.51. The van der Waals surface area contributed by atoms with Crippen molar-refractivity contribution in [1.82, 2.24) is 0 Å². The second kappa shape index (κ2) is 10.7. The standard InChI is InChI=1S/C7H6O2.C4H9NO.Na/c8-7(9)6-4-2-1-3-5-6;1-2-3-4(5)6;/h1-5H,(H,8,9);2-3H2,1H3,(H2,5,6);/q;;+1/p-1. The van der Waals surface area contributed by atoms with Gasteiger partial charge in [-0.2, -0.15) is 0 Å². The topological polar surface area (TPSA) is 83.2 Å². The summed E-state index contributed by atoms with van der Waals surface area (Å²) in [5, 5.41) is 10.1. The molecule has 0 spiro atoms. The maximum atomic E-state index is 10.1. The van der Waals surface area contributed by atoms with Crippen LogP contribution in [-0.4, -0.2) is 11.9 Å². The first-order chi connectivity index (χ1) is 7.07. The summed E-state index contributed by atoms with van der Waals surface area (Å²) in [5.41, 5.74) is 4.98. The van der Waals surface area contributed by atoms with Crippen LogP contribution >= 0.6 is 0 Å². The molecule has 4 nitrogen and oxygen atoms in total. The van der Waals surface area contributed by atoms with E-state index in [2.05, 4.69) is 0 Å². The second-order valence-electron chi connectivity index (χ2n) is 2.87. The third-order valence-corrected chi connectivity index (χ3v) is 1.51. The number of amides is 1. The fourth-order valence-electron chi connectivity index (χ4n) is 0.821. The van der Waals surface area contributed by atoms with E-state index in [0.29, 0.717) is 6.42 Å². The Morgan fingerprint density at radius 1 is 1.25 bits per heavy atom. The molecule has 5 heteroatoms. The first kappa shape index (κ1) is 17.6. The van der Waals surface area contributed by atoms with E-state index in [1.165, 1.54) is 12.1 Å². The number of rotatable bonds is 3. The number of aromatic carboxylic acids is 1. The Morgan fingerprint density at radius 3 is 1.94 bits per heavy atom. The molecule has 0 bridgehead atoms. The molecule has 0 aliphatic carbocycles. The Kier molecular flexibility index (Phi) is 11.7. The predicted molar refractivity (Wildman–Crippen MR) is 54.9 cm³/mol. The summed E-state index contributed by atoms with van der Waals surface area (Å²) in [6.07, 6.45) is 1.37. The number of primary amides is 1. The maximum Gasteiger partial charge on any atom is 1.00 e. The first-order valence-electron chi connectivity index (χ1n) is 4.62. The molecule has 1 rings (SSSR count). The minimum Gasteiger partial charge on any atom is -0.545 e. The quantitative estimate of drug-likeness (QED) is 0.576. The Bertz CT molecular complexity index is 314. The van der Waals surface area contributed by atoms with Crippen LogP contribution < -0.4 is 40.4 Å². The summed E-state index contributed by atoms with van der Waals surface area (Å²) in [6, 6.07) is 8.06. The normalized spacial score (nSPS) is 8.06. The van der Waals surface area contributed by atoms with Gasteiger partial charge in [-0.3, -0.25) is 4.79 Å². The van der Waals surface area contributed by atoms with Crippen molar-refractivity contribution in [3.8, 4) is 0 Å². The number of nitrogens with two attached hydrogens (primary N) is 1. The van der Waals surface area contributed by atoms with Gasteiger partial charge in [0.1, 0.15) is 0 Å².